The molecule has 1 aromatic rings. The number of hydrogen-bond acceptors (Lipinski definition) is 8. The van der Waals surface area contributed by atoms with Crippen molar-refractivity contribution in [1.82, 2.24) is 0 Å². The van der Waals surface area contributed by atoms with Crippen molar-refractivity contribution in [1.29, 1.82) is 0 Å². The van der Waals surface area contributed by atoms with E-state index >= 15 is 0 Å². The lowest BCUT2D eigenvalue weighted by Gasteiger charge is -2.69. The van der Waals surface area contributed by atoms with E-state index in [1.807, 2.05) is 19.9 Å². The summed E-state index contributed by atoms with van der Waals surface area (Å²) in [6.07, 6.45) is 3.01. The minimum absolute atomic E-state index is 0.0180. The van der Waals surface area contributed by atoms with Crippen LogP contribution in [-0.2, 0) is 33.3 Å². The Morgan fingerprint density at radius 2 is 1.83 bits per heavy atom. The van der Waals surface area contributed by atoms with Gasteiger partial charge in [-0.25, -0.2) is 4.79 Å². The summed E-state index contributed by atoms with van der Waals surface area (Å²) >= 11 is 0. The van der Waals surface area contributed by atoms with Gasteiger partial charge >= 0.3 is 11.9 Å². The van der Waals surface area contributed by atoms with Gasteiger partial charge in [0, 0.05) is 34.1 Å². The van der Waals surface area contributed by atoms with E-state index in [1.54, 1.807) is 12.5 Å². The van der Waals surface area contributed by atoms with E-state index in [2.05, 4.69) is 20.8 Å². The monoisotopic (exact) mass is 498 g/mol. The smallest absolute Gasteiger partial charge is 0.339 e. The minimum atomic E-state index is -0.871. The van der Waals surface area contributed by atoms with Gasteiger partial charge in [0.1, 0.15) is 23.9 Å². The zero-order valence-corrected chi connectivity index (χ0v) is 21.7. The summed E-state index contributed by atoms with van der Waals surface area (Å²) in [4.78, 5) is 39.1. The number of ketones is 1. The zero-order chi connectivity index (χ0) is 25.6. The molecule has 0 unspecified atom stereocenters. The molecule has 6 aliphatic rings. The Morgan fingerprint density at radius 3 is 2.50 bits per heavy atom. The molecule has 3 saturated carbocycles. The third-order valence-electron chi connectivity index (χ3n) is 11.6. The van der Waals surface area contributed by atoms with Crippen molar-refractivity contribution >= 4 is 17.7 Å². The quantitative estimate of drug-likeness (QED) is 0.448. The number of cyclic esters (lactones) is 1. The number of esters is 2. The third kappa shape index (κ3) is 2.25. The lowest BCUT2D eigenvalue weighted by molar-refractivity contribution is -0.263. The van der Waals surface area contributed by atoms with Crippen LogP contribution in [0.3, 0.4) is 0 Å². The van der Waals surface area contributed by atoms with Gasteiger partial charge in [0.05, 0.1) is 18.6 Å². The lowest BCUT2D eigenvalue weighted by Crippen LogP contribution is -2.74. The van der Waals surface area contributed by atoms with Gasteiger partial charge in [0.25, 0.3) is 0 Å². The van der Waals surface area contributed by atoms with Crippen molar-refractivity contribution in [2.24, 2.45) is 33.5 Å². The molecule has 0 radical (unpaired) electrons. The summed E-state index contributed by atoms with van der Waals surface area (Å²) in [6, 6.07) is 1.84. The van der Waals surface area contributed by atoms with Gasteiger partial charge < -0.3 is 23.4 Å². The predicted octanol–water partition coefficient (Wildman–Crippen LogP) is 3.77. The maximum absolute atomic E-state index is 13.3. The summed E-state index contributed by atoms with van der Waals surface area (Å²) in [6.45, 7) is 12.0. The van der Waals surface area contributed by atoms with Crippen molar-refractivity contribution in [3.05, 3.63) is 24.2 Å². The summed E-state index contributed by atoms with van der Waals surface area (Å²) < 4.78 is 30.2. The van der Waals surface area contributed by atoms with Gasteiger partial charge in [-0.3, -0.25) is 9.59 Å². The average Bonchev–Trinajstić information content (AvgIpc) is 3.71. The van der Waals surface area contributed by atoms with E-state index in [4.69, 9.17) is 23.4 Å². The first-order valence-electron chi connectivity index (χ1n) is 13.1. The van der Waals surface area contributed by atoms with Crippen LogP contribution in [0.2, 0.25) is 0 Å². The van der Waals surface area contributed by atoms with Crippen LogP contribution in [0.25, 0.3) is 0 Å². The Hall–Kier alpha value is -2.19. The van der Waals surface area contributed by atoms with E-state index in [1.165, 1.54) is 6.92 Å². The van der Waals surface area contributed by atoms with Crippen molar-refractivity contribution in [2.75, 3.05) is 0 Å². The van der Waals surface area contributed by atoms with E-state index < -0.39 is 40.2 Å². The van der Waals surface area contributed by atoms with E-state index in [0.29, 0.717) is 6.42 Å². The number of epoxide rings is 2. The molecule has 8 heteroatoms. The van der Waals surface area contributed by atoms with Crippen LogP contribution in [0, 0.1) is 33.5 Å². The number of furan rings is 1. The minimum Gasteiger partial charge on any atom is -0.472 e. The molecule has 36 heavy (non-hydrogen) atoms. The van der Waals surface area contributed by atoms with Crippen LogP contribution >= 0.6 is 0 Å². The van der Waals surface area contributed by atoms with Gasteiger partial charge in [-0.15, -0.1) is 0 Å². The van der Waals surface area contributed by atoms with E-state index in [0.717, 1.165) is 18.4 Å². The van der Waals surface area contributed by atoms with Gasteiger partial charge in [-0.2, -0.15) is 0 Å². The largest absolute Gasteiger partial charge is 0.472 e. The van der Waals surface area contributed by atoms with Crippen molar-refractivity contribution in [3.63, 3.8) is 0 Å². The molecule has 4 heterocycles. The molecule has 0 N–H and O–H groups in total. The Morgan fingerprint density at radius 1 is 1.08 bits per heavy atom. The third-order valence-corrected chi connectivity index (χ3v) is 11.6. The maximum Gasteiger partial charge on any atom is 0.339 e. The highest BCUT2D eigenvalue weighted by atomic mass is 16.7. The van der Waals surface area contributed by atoms with Crippen LogP contribution < -0.4 is 0 Å². The summed E-state index contributed by atoms with van der Waals surface area (Å²) in [7, 11) is 0. The topological polar surface area (TPSA) is 108 Å². The molecule has 3 aliphatic carbocycles. The Labute approximate surface area is 210 Å². The molecule has 194 valence electrons. The molecule has 6 fully saturated rings. The molecule has 3 saturated heterocycles. The predicted molar refractivity (Wildman–Crippen MR) is 123 cm³/mol. The Kier molecular flexibility index (Phi) is 4.11. The first-order valence-corrected chi connectivity index (χ1v) is 13.1. The molecule has 0 aromatic carbocycles. The highest BCUT2D eigenvalue weighted by Gasteiger charge is 2.90. The van der Waals surface area contributed by atoms with E-state index in [-0.39, 0.29) is 47.2 Å². The van der Waals surface area contributed by atoms with Crippen LogP contribution in [-0.4, -0.2) is 47.7 Å². The first-order chi connectivity index (χ1) is 16.8. The van der Waals surface area contributed by atoms with Crippen molar-refractivity contribution in [3.8, 4) is 0 Å². The number of Topliss-reactive ketones (excluding diaryl/α,β-unsaturated/α-hetero) is 1. The molecule has 1 spiro atoms. The SMILES string of the molecule is CC(=O)O[C@@H]1C[C@H]2C(C)(C)C(=O)[C@@H]3O[C@@H]3[C@]2(C)[C@H]2CC[C@@]3(C)[C@H](c4ccoc4)OC(=O)[C@H]4O[C@]43[C@@]21C. The maximum atomic E-state index is 13.3. The van der Waals surface area contributed by atoms with Crippen molar-refractivity contribution < 1.29 is 37.7 Å². The van der Waals surface area contributed by atoms with Gasteiger partial charge in [0.2, 0.25) is 0 Å². The second kappa shape index (κ2) is 6.44. The standard InChI is InChI=1S/C28H34O8/c1-13(29)33-17-11-16-24(2,3)19(30)18-21(34-18)26(16,5)15-7-9-25(4)20(14-8-10-32-12-14)35-23(31)22-28(25,36-22)27(15,17)6/h8,10,12,15-18,20-22H,7,9,11H2,1-6H3/t15-,16+,17-,18+,20+,21+,22-,25+,26-,27+,28-/m1/s1. The summed E-state index contributed by atoms with van der Waals surface area (Å²) in [5.41, 5.74) is -2.24. The summed E-state index contributed by atoms with van der Waals surface area (Å²) in [5.74, 6) is -0.615. The summed E-state index contributed by atoms with van der Waals surface area (Å²) in [5, 5.41) is 0. The first kappa shape index (κ1) is 23.0. The fourth-order valence-electron chi connectivity index (χ4n) is 10.0. The Bertz CT molecular complexity index is 1190. The molecule has 0 amide bonds. The van der Waals surface area contributed by atoms with Gasteiger partial charge in [-0.1, -0.05) is 34.6 Å². The number of carbonyl (C=O) groups is 3. The molecule has 0 bridgehead atoms. The number of carbonyl (C=O) groups excluding carboxylic acids is 3. The van der Waals surface area contributed by atoms with Gasteiger partial charge in [-0.05, 0) is 37.2 Å². The normalized spacial score (nSPS) is 53.6. The molecular formula is C28H34O8. The van der Waals surface area contributed by atoms with Gasteiger partial charge in [0.15, 0.2) is 11.9 Å². The van der Waals surface area contributed by atoms with Crippen LogP contribution in [0.15, 0.2) is 23.0 Å². The second-order valence-electron chi connectivity index (χ2n) is 13.2. The number of fused-ring (bicyclic) bond motifs is 5. The molecule has 8 nitrogen and oxygen atoms in total. The number of hydrogen-bond donors (Lipinski definition) is 0. The molecular weight excluding hydrogens is 464 g/mol. The number of rotatable bonds is 2. The van der Waals surface area contributed by atoms with Crippen LogP contribution in [0.1, 0.15) is 72.5 Å². The highest BCUT2D eigenvalue weighted by Crippen LogP contribution is 2.81. The van der Waals surface area contributed by atoms with Crippen molar-refractivity contribution in [2.45, 2.75) is 96.9 Å². The van der Waals surface area contributed by atoms with Crippen LogP contribution in [0.4, 0.5) is 0 Å². The van der Waals surface area contributed by atoms with E-state index in [9.17, 15) is 14.4 Å². The highest BCUT2D eigenvalue weighted by molar-refractivity contribution is 5.93. The fraction of sp³-hybridized carbons (Fsp3) is 0.750. The molecule has 1 aromatic heterocycles. The lowest BCUT2D eigenvalue weighted by atomic mass is 9.35. The molecule has 11 atom stereocenters. The Balaban J connectivity index is 1.42. The average molecular weight is 499 g/mol. The second-order valence-corrected chi connectivity index (χ2v) is 13.2. The van der Waals surface area contributed by atoms with Crippen LogP contribution in [0.5, 0.6) is 0 Å². The molecule has 3 aliphatic heterocycles. The number of ether oxygens (including phenoxy) is 4. The fourth-order valence-corrected chi connectivity index (χ4v) is 10.0. The molecule has 7 rings (SSSR count). The zero-order valence-electron chi connectivity index (χ0n) is 21.7.